The maximum atomic E-state index is 13.6. The molecule has 0 saturated carbocycles. The summed E-state index contributed by atoms with van der Waals surface area (Å²) >= 11 is 0. The minimum Gasteiger partial charge on any atom is -0.289 e. The zero-order valence-electron chi connectivity index (χ0n) is 8.98. The van der Waals surface area contributed by atoms with Gasteiger partial charge in [-0.2, -0.15) is 0 Å². The molecular weight excluding hydrogens is 215 g/mol. The molecule has 17 heavy (non-hydrogen) atoms. The van der Waals surface area contributed by atoms with Crippen LogP contribution >= 0.6 is 0 Å². The molecule has 0 aromatic heterocycles. The molecule has 0 unspecified atom stereocenters. The Balaban J connectivity index is 2.69. The van der Waals surface area contributed by atoms with Gasteiger partial charge in [0.15, 0.2) is 5.43 Å². The van der Waals surface area contributed by atoms with Crippen molar-refractivity contribution in [2.75, 3.05) is 0 Å². The molecule has 82 valence electrons. The van der Waals surface area contributed by atoms with Gasteiger partial charge in [0.25, 0.3) is 0 Å². The van der Waals surface area contributed by atoms with E-state index in [1.165, 1.54) is 6.07 Å². The Morgan fingerprint density at radius 3 is 2.35 bits per heavy atom. The van der Waals surface area contributed by atoms with E-state index < -0.39 is 0 Å². The zero-order chi connectivity index (χ0) is 11.8. The molecule has 0 aliphatic rings. The summed E-state index contributed by atoms with van der Waals surface area (Å²) in [5.41, 5.74) is -0.125. The molecule has 2 heteroatoms. The third-order valence-corrected chi connectivity index (χ3v) is 2.93. The quantitative estimate of drug-likeness (QED) is 0.571. The van der Waals surface area contributed by atoms with Crippen molar-refractivity contribution >= 4 is 21.5 Å². The monoisotopic (exact) mass is 224 g/mol. The van der Waals surface area contributed by atoms with E-state index >= 15 is 0 Å². The Hall–Kier alpha value is -2.22. The van der Waals surface area contributed by atoms with Crippen LogP contribution in [0.4, 0.5) is 4.39 Å². The van der Waals surface area contributed by atoms with Crippen molar-refractivity contribution in [2.45, 2.75) is 0 Å². The lowest BCUT2D eigenvalue weighted by atomic mass is 10.1. The molecule has 3 aromatic rings. The predicted octanol–water partition coefficient (Wildman–Crippen LogP) is 3.49. The molecule has 0 fully saturated rings. The van der Waals surface area contributed by atoms with Crippen molar-refractivity contribution in [1.29, 1.82) is 0 Å². The maximum Gasteiger partial charge on any atom is 0.194 e. The number of fused-ring (bicyclic) bond motifs is 2. The molecule has 0 heterocycles. The van der Waals surface area contributed by atoms with Crippen molar-refractivity contribution in [1.82, 2.24) is 0 Å². The van der Waals surface area contributed by atoms with Crippen LogP contribution in [0.5, 0.6) is 0 Å². The Morgan fingerprint density at radius 1 is 0.706 bits per heavy atom. The van der Waals surface area contributed by atoms with Crippen LogP contribution < -0.4 is 5.43 Å². The Morgan fingerprint density at radius 2 is 1.47 bits per heavy atom. The number of rotatable bonds is 0. The smallest absolute Gasteiger partial charge is 0.194 e. The number of hydrogen-bond acceptors (Lipinski definition) is 1. The second-order valence-corrected chi connectivity index (χ2v) is 3.95. The fraction of sp³-hybridized carbons (Fsp3) is 0. The lowest BCUT2D eigenvalue weighted by Crippen LogP contribution is -1.98. The third-order valence-electron chi connectivity index (χ3n) is 2.93. The highest BCUT2D eigenvalue weighted by Gasteiger charge is 2.04. The highest BCUT2D eigenvalue weighted by Crippen LogP contribution is 2.17. The fourth-order valence-electron chi connectivity index (χ4n) is 2.07. The molecule has 0 bridgehead atoms. The van der Waals surface area contributed by atoms with Crippen molar-refractivity contribution < 1.29 is 4.39 Å². The largest absolute Gasteiger partial charge is 0.289 e. The van der Waals surface area contributed by atoms with Crippen molar-refractivity contribution in [2.24, 2.45) is 0 Å². The molecule has 1 nitrogen and oxygen atoms in total. The highest BCUT2D eigenvalue weighted by molar-refractivity contribution is 5.93. The van der Waals surface area contributed by atoms with Crippen LogP contribution in [0.1, 0.15) is 0 Å². The molecule has 0 amide bonds. The van der Waals surface area contributed by atoms with Crippen LogP contribution in [-0.4, -0.2) is 0 Å². The van der Waals surface area contributed by atoms with Gasteiger partial charge in [0.1, 0.15) is 5.82 Å². The normalized spacial score (nSPS) is 10.9. The van der Waals surface area contributed by atoms with Crippen LogP contribution in [0.3, 0.4) is 0 Å². The van der Waals surface area contributed by atoms with Gasteiger partial charge in [-0.15, -0.1) is 0 Å². The maximum absolute atomic E-state index is 13.6. The Labute approximate surface area is 97.1 Å². The molecule has 0 radical (unpaired) electrons. The number of hydrogen-bond donors (Lipinski definition) is 0. The molecule has 0 aliphatic carbocycles. The first-order chi connectivity index (χ1) is 8.27. The summed E-state index contributed by atoms with van der Waals surface area (Å²) in [4.78, 5) is 12.3. The van der Waals surface area contributed by atoms with Crippen molar-refractivity contribution in [3.8, 4) is 0 Å². The van der Waals surface area contributed by atoms with E-state index in [9.17, 15) is 9.18 Å². The van der Waals surface area contributed by atoms with E-state index in [0.717, 1.165) is 5.39 Å². The first-order valence-electron chi connectivity index (χ1n) is 5.38. The molecule has 3 rings (SSSR count). The van der Waals surface area contributed by atoms with Gasteiger partial charge < -0.3 is 0 Å². The van der Waals surface area contributed by atoms with Crippen LogP contribution in [0.15, 0.2) is 59.4 Å². The van der Waals surface area contributed by atoms with E-state index in [4.69, 9.17) is 0 Å². The molecule has 0 atom stereocenters. The summed E-state index contributed by atoms with van der Waals surface area (Å²) in [5, 5.41) is 2.24. The topological polar surface area (TPSA) is 17.1 Å². The van der Waals surface area contributed by atoms with Gasteiger partial charge in [-0.3, -0.25) is 4.79 Å². The minimum atomic E-state index is -0.361. The summed E-state index contributed by atoms with van der Waals surface area (Å²) < 4.78 is 13.6. The minimum absolute atomic E-state index is 0.125. The van der Waals surface area contributed by atoms with Crippen LogP contribution in [0.2, 0.25) is 0 Å². The summed E-state index contributed by atoms with van der Waals surface area (Å²) in [6, 6.07) is 15.3. The Kier molecular flexibility index (Phi) is 2.15. The Bertz CT molecular complexity index is 778. The third kappa shape index (κ3) is 1.49. The first-order valence-corrected chi connectivity index (χ1v) is 5.38. The van der Waals surface area contributed by atoms with Gasteiger partial charge in [0.2, 0.25) is 0 Å². The van der Waals surface area contributed by atoms with Crippen LogP contribution in [0, 0.1) is 5.82 Å². The summed E-state index contributed by atoms with van der Waals surface area (Å²) in [7, 11) is 0. The van der Waals surface area contributed by atoms with Gasteiger partial charge in [0, 0.05) is 16.2 Å². The van der Waals surface area contributed by atoms with Gasteiger partial charge in [-0.25, -0.2) is 4.39 Å². The predicted molar refractivity (Wildman–Crippen MR) is 67.7 cm³/mol. The van der Waals surface area contributed by atoms with Gasteiger partial charge in [-0.05, 0) is 11.5 Å². The average molecular weight is 224 g/mol. The molecule has 0 spiro atoms. The SMILES string of the molecule is O=c1c2ccccc2ccc2c(F)cccc12. The first kappa shape index (κ1) is 9.97. The second kappa shape index (κ2) is 3.67. The fourth-order valence-corrected chi connectivity index (χ4v) is 2.07. The lowest BCUT2D eigenvalue weighted by molar-refractivity contribution is 0.640. The molecular formula is C15H9FO. The van der Waals surface area contributed by atoms with E-state index in [-0.39, 0.29) is 11.2 Å². The van der Waals surface area contributed by atoms with Crippen LogP contribution in [-0.2, 0) is 0 Å². The lowest BCUT2D eigenvalue weighted by Gasteiger charge is -1.92. The van der Waals surface area contributed by atoms with Crippen molar-refractivity contribution in [3.05, 3.63) is 70.6 Å². The molecule has 0 aliphatic heterocycles. The summed E-state index contributed by atoms with van der Waals surface area (Å²) in [5.74, 6) is -0.361. The summed E-state index contributed by atoms with van der Waals surface area (Å²) in [6.07, 6.45) is 0. The standard InChI is InChI=1S/C15H9FO/c16-14-7-3-6-13-12(14)9-8-10-4-1-2-5-11(10)15(13)17/h1-9H. The molecule has 0 saturated heterocycles. The zero-order valence-corrected chi connectivity index (χ0v) is 8.98. The van der Waals surface area contributed by atoms with Gasteiger partial charge in [0.05, 0.1) is 0 Å². The summed E-state index contributed by atoms with van der Waals surface area (Å²) in [6.45, 7) is 0. The molecule has 3 aromatic carbocycles. The number of halogens is 1. The van der Waals surface area contributed by atoms with Crippen molar-refractivity contribution in [3.63, 3.8) is 0 Å². The number of benzene rings is 2. The highest BCUT2D eigenvalue weighted by atomic mass is 19.1. The van der Waals surface area contributed by atoms with E-state index in [1.807, 2.05) is 18.2 Å². The van der Waals surface area contributed by atoms with Gasteiger partial charge in [-0.1, -0.05) is 48.5 Å². The average Bonchev–Trinajstić information content (AvgIpc) is 2.50. The second-order valence-electron chi connectivity index (χ2n) is 3.95. The van der Waals surface area contributed by atoms with E-state index in [2.05, 4.69) is 0 Å². The molecule has 0 N–H and O–H groups in total. The van der Waals surface area contributed by atoms with E-state index in [1.54, 1.807) is 30.3 Å². The van der Waals surface area contributed by atoms with E-state index in [0.29, 0.717) is 16.2 Å². The van der Waals surface area contributed by atoms with Gasteiger partial charge >= 0.3 is 0 Å². The van der Waals surface area contributed by atoms with Crippen LogP contribution in [0.25, 0.3) is 21.5 Å².